The summed E-state index contributed by atoms with van der Waals surface area (Å²) in [4.78, 5) is 16.2. The molecule has 14 aromatic rings. The Bertz CT molecular complexity index is 4240. The van der Waals surface area contributed by atoms with Crippen molar-refractivity contribution in [2.45, 2.75) is 0 Å². The van der Waals surface area contributed by atoms with Gasteiger partial charge in [-0.15, -0.1) is 11.3 Å². The molecule has 6 heteroatoms. The first-order chi connectivity index (χ1) is 32.2. The molecule has 0 saturated carbocycles. The number of nitrogens with zero attached hydrogens (tertiary/aromatic N) is 4. The normalized spacial score (nSPS) is 12.0. The van der Waals surface area contributed by atoms with Crippen molar-refractivity contribution in [2.75, 3.05) is 0 Å². The lowest BCUT2D eigenvalue weighted by molar-refractivity contribution is 0.669. The monoisotopic (exact) mass is 846 g/mol. The number of fused-ring (bicyclic) bond motifs is 11. The highest BCUT2D eigenvalue weighted by Gasteiger charge is 2.23. The Morgan fingerprint density at radius 1 is 0.338 bits per heavy atom. The SMILES string of the molecule is c1ccc(-c2ccc(-c3nc(-c4ccc5oc6ccccc6c5c4)nc(-c4cc5c(cc4-n4c6ccccc6c6cc7ccccc7cc64)sc4cc6ccccc6cc45)n3)cc2)cc1. The molecule has 4 aromatic heterocycles. The first-order valence-corrected chi connectivity index (χ1v) is 22.6. The van der Waals surface area contributed by atoms with Crippen LogP contribution in [0.3, 0.4) is 0 Å². The van der Waals surface area contributed by atoms with E-state index in [0.717, 1.165) is 66.5 Å². The number of hydrogen-bond acceptors (Lipinski definition) is 5. The third kappa shape index (κ3) is 5.74. The quantitative estimate of drug-likeness (QED) is 0.173. The maximum absolute atomic E-state index is 6.27. The maximum Gasteiger partial charge on any atom is 0.166 e. The van der Waals surface area contributed by atoms with Crippen molar-refractivity contribution in [3.63, 3.8) is 0 Å². The lowest BCUT2D eigenvalue weighted by Crippen LogP contribution is -2.04. The average molecular weight is 847 g/mol. The molecule has 0 unspecified atom stereocenters. The zero-order valence-corrected chi connectivity index (χ0v) is 35.6. The van der Waals surface area contributed by atoms with Crippen LogP contribution in [0.2, 0.25) is 0 Å². The molecule has 0 N–H and O–H groups in total. The second kappa shape index (κ2) is 14.0. The van der Waals surface area contributed by atoms with E-state index in [1.54, 1.807) is 0 Å². The topological polar surface area (TPSA) is 56.7 Å². The van der Waals surface area contributed by atoms with Gasteiger partial charge >= 0.3 is 0 Å². The zero-order valence-electron chi connectivity index (χ0n) is 34.7. The van der Waals surface area contributed by atoms with Gasteiger partial charge in [0.2, 0.25) is 0 Å². The van der Waals surface area contributed by atoms with E-state index >= 15 is 0 Å². The summed E-state index contributed by atoms with van der Waals surface area (Å²) >= 11 is 1.83. The summed E-state index contributed by atoms with van der Waals surface area (Å²) in [6.07, 6.45) is 0. The molecule has 0 radical (unpaired) electrons. The fourth-order valence-electron chi connectivity index (χ4n) is 9.84. The minimum Gasteiger partial charge on any atom is -0.456 e. The largest absolute Gasteiger partial charge is 0.456 e. The molecule has 0 spiro atoms. The second-order valence-corrected chi connectivity index (χ2v) is 17.9. The molecule has 0 aliphatic carbocycles. The Morgan fingerprint density at radius 2 is 0.892 bits per heavy atom. The average Bonchev–Trinajstić information content (AvgIpc) is 4.02. The molecule has 0 amide bonds. The van der Waals surface area contributed by atoms with Gasteiger partial charge in [-0.2, -0.15) is 0 Å². The molecule has 65 heavy (non-hydrogen) atoms. The summed E-state index contributed by atoms with van der Waals surface area (Å²) in [5, 5.41) is 11.7. The van der Waals surface area contributed by atoms with Crippen molar-refractivity contribution in [1.82, 2.24) is 19.5 Å². The van der Waals surface area contributed by atoms with Crippen LogP contribution in [-0.4, -0.2) is 19.5 Å². The van der Waals surface area contributed by atoms with E-state index in [0.29, 0.717) is 17.5 Å². The molecule has 4 heterocycles. The van der Waals surface area contributed by atoms with Crippen molar-refractivity contribution < 1.29 is 4.42 Å². The van der Waals surface area contributed by atoms with Gasteiger partial charge < -0.3 is 8.98 Å². The smallest absolute Gasteiger partial charge is 0.166 e. The fraction of sp³-hybridized carbons (Fsp3) is 0. The molecule has 0 saturated heterocycles. The summed E-state index contributed by atoms with van der Waals surface area (Å²) < 4.78 is 11.1. The minimum atomic E-state index is 0.588. The zero-order chi connectivity index (χ0) is 42.6. The number of furan rings is 1. The van der Waals surface area contributed by atoms with Crippen LogP contribution >= 0.6 is 11.3 Å². The summed E-state index contributed by atoms with van der Waals surface area (Å²) in [7, 11) is 0. The molecule has 10 aromatic carbocycles. The molecular weight excluding hydrogens is 813 g/mol. The summed E-state index contributed by atoms with van der Waals surface area (Å²) in [6.45, 7) is 0. The maximum atomic E-state index is 6.27. The number of thiophene rings is 1. The van der Waals surface area contributed by atoms with Gasteiger partial charge in [-0.25, -0.2) is 15.0 Å². The Kier molecular flexibility index (Phi) is 7.79. The van der Waals surface area contributed by atoms with E-state index in [9.17, 15) is 0 Å². The number of hydrogen-bond donors (Lipinski definition) is 0. The number of para-hydroxylation sites is 2. The van der Waals surface area contributed by atoms with E-state index in [1.165, 1.54) is 52.5 Å². The second-order valence-electron chi connectivity index (χ2n) is 16.8. The summed E-state index contributed by atoms with van der Waals surface area (Å²) in [5.41, 5.74) is 9.92. The van der Waals surface area contributed by atoms with E-state index in [-0.39, 0.29) is 0 Å². The van der Waals surface area contributed by atoms with Crippen molar-refractivity contribution in [1.29, 1.82) is 0 Å². The van der Waals surface area contributed by atoms with E-state index < -0.39 is 0 Å². The molecule has 302 valence electrons. The Balaban J connectivity index is 1.08. The van der Waals surface area contributed by atoms with Gasteiger partial charge in [-0.3, -0.25) is 0 Å². The predicted molar refractivity (Wildman–Crippen MR) is 271 cm³/mol. The standard InChI is InChI=1S/C59H34N4OS/c1-2-12-35(13-3-1)36-22-24-37(25-23-36)57-60-58(42-26-27-54-46(30-42)44-19-9-11-21-53(44)64-54)62-59(61-57)49-33-48-47-29-39-15-5-7-17-41(39)32-55(47)65-56(48)34-52(49)63-50-20-10-8-18-43(50)45-28-38-14-4-6-16-40(38)31-51(45)63/h1-34H. The van der Waals surface area contributed by atoms with Crippen LogP contribution in [0.4, 0.5) is 0 Å². The van der Waals surface area contributed by atoms with Gasteiger partial charge in [-0.05, 0) is 99.4 Å². The molecule has 0 aliphatic rings. The molecular formula is C59H34N4OS. The Morgan fingerprint density at radius 3 is 1.69 bits per heavy atom. The van der Waals surface area contributed by atoms with Crippen molar-refractivity contribution in [3.8, 4) is 51.0 Å². The van der Waals surface area contributed by atoms with Gasteiger partial charge in [0.15, 0.2) is 17.5 Å². The molecule has 0 fully saturated rings. The van der Waals surface area contributed by atoms with Gasteiger partial charge in [0.25, 0.3) is 0 Å². The highest BCUT2D eigenvalue weighted by molar-refractivity contribution is 7.26. The number of benzene rings is 10. The van der Waals surface area contributed by atoms with Crippen LogP contribution in [-0.2, 0) is 0 Å². The van der Waals surface area contributed by atoms with Gasteiger partial charge in [0, 0.05) is 58.4 Å². The lowest BCUT2D eigenvalue weighted by Gasteiger charge is -2.16. The summed E-state index contributed by atoms with van der Waals surface area (Å²) in [5.74, 6) is 1.78. The Labute approximate surface area is 376 Å². The molecule has 0 atom stereocenters. The van der Waals surface area contributed by atoms with Crippen LogP contribution in [0.15, 0.2) is 211 Å². The van der Waals surface area contributed by atoms with E-state index in [1.807, 2.05) is 41.7 Å². The molecule has 14 rings (SSSR count). The minimum absolute atomic E-state index is 0.588. The Hall–Kier alpha value is -8.45. The van der Waals surface area contributed by atoms with Crippen LogP contribution < -0.4 is 0 Å². The predicted octanol–water partition coefficient (Wildman–Crippen LogP) is 16.2. The van der Waals surface area contributed by atoms with Crippen LogP contribution in [0, 0.1) is 0 Å². The van der Waals surface area contributed by atoms with Gasteiger partial charge in [-0.1, -0.05) is 140 Å². The molecule has 0 bridgehead atoms. The van der Waals surface area contributed by atoms with Gasteiger partial charge in [0.05, 0.1) is 16.7 Å². The summed E-state index contributed by atoms with van der Waals surface area (Å²) in [6, 6.07) is 73.4. The number of rotatable bonds is 5. The lowest BCUT2D eigenvalue weighted by atomic mass is 10.0. The van der Waals surface area contributed by atoms with Crippen molar-refractivity contribution in [2.24, 2.45) is 0 Å². The fourth-order valence-corrected chi connectivity index (χ4v) is 11.0. The van der Waals surface area contributed by atoms with E-state index in [4.69, 9.17) is 19.4 Å². The van der Waals surface area contributed by atoms with Crippen LogP contribution in [0.25, 0.3) is 136 Å². The highest BCUT2D eigenvalue weighted by Crippen LogP contribution is 2.44. The highest BCUT2D eigenvalue weighted by atomic mass is 32.1. The van der Waals surface area contributed by atoms with Crippen LogP contribution in [0.5, 0.6) is 0 Å². The first kappa shape index (κ1) is 36.1. The third-order valence-corrected chi connectivity index (χ3v) is 14.1. The first-order valence-electron chi connectivity index (χ1n) is 21.8. The van der Waals surface area contributed by atoms with Gasteiger partial charge in [0.1, 0.15) is 11.2 Å². The van der Waals surface area contributed by atoms with Crippen molar-refractivity contribution >= 4 is 96.8 Å². The number of aromatic nitrogens is 4. The van der Waals surface area contributed by atoms with Crippen LogP contribution in [0.1, 0.15) is 0 Å². The third-order valence-electron chi connectivity index (χ3n) is 13.0. The van der Waals surface area contributed by atoms with Crippen molar-refractivity contribution in [3.05, 3.63) is 206 Å². The molecule has 0 aliphatic heterocycles. The van der Waals surface area contributed by atoms with E-state index in [2.05, 4.69) is 180 Å². The molecule has 5 nitrogen and oxygen atoms in total.